The average molecular weight is 326 g/mol. The van der Waals surface area contributed by atoms with E-state index >= 15 is 0 Å². The minimum atomic E-state index is -2.21. The molecule has 2 aromatic rings. The molecule has 5 heteroatoms. The van der Waals surface area contributed by atoms with E-state index in [1.807, 2.05) is 13.8 Å². The van der Waals surface area contributed by atoms with Crippen LogP contribution in [0.2, 0.25) is 0 Å². The van der Waals surface area contributed by atoms with Gasteiger partial charge < -0.3 is 9.05 Å². The van der Waals surface area contributed by atoms with Crippen molar-refractivity contribution in [1.82, 2.24) is 0 Å². The summed E-state index contributed by atoms with van der Waals surface area (Å²) in [5.41, 5.74) is -0.933. The molecular formula is C15H19O2PS2. The highest BCUT2D eigenvalue weighted by Crippen LogP contribution is 2.62. The first-order chi connectivity index (χ1) is 9.68. The molecule has 0 aliphatic carbocycles. The second-order valence-electron chi connectivity index (χ2n) is 4.19. The first kappa shape index (κ1) is 16.0. The smallest absolute Gasteiger partial charge is 0.247 e. The van der Waals surface area contributed by atoms with Gasteiger partial charge in [0.2, 0.25) is 5.69 Å². The molecular weight excluding hydrogens is 307 g/mol. The highest BCUT2D eigenvalue weighted by Gasteiger charge is 2.19. The van der Waals surface area contributed by atoms with Crippen molar-refractivity contribution in [3.05, 3.63) is 48.0 Å². The van der Waals surface area contributed by atoms with E-state index in [-0.39, 0.29) is 0 Å². The summed E-state index contributed by atoms with van der Waals surface area (Å²) in [5.74, 6) is 0.818. The van der Waals surface area contributed by atoms with Gasteiger partial charge in [-0.3, -0.25) is 0 Å². The van der Waals surface area contributed by atoms with E-state index in [2.05, 4.69) is 42.5 Å². The van der Waals surface area contributed by atoms with Crippen LogP contribution < -0.4 is 0 Å². The van der Waals surface area contributed by atoms with Gasteiger partial charge in [-0.15, -0.1) is 0 Å². The summed E-state index contributed by atoms with van der Waals surface area (Å²) in [4.78, 5) is 0. The molecule has 2 aromatic carbocycles. The van der Waals surface area contributed by atoms with Gasteiger partial charge in [-0.2, -0.15) is 0 Å². The third kappa shape index (κ3) is 4.06. The minimum absolute atomic E-state index is 0.597. The third-order valence-electron chi connectivity index (χ3n) is 2.83. The van der Waals surface area contributed by atoms with Gasteiger partial charge in [0.25, 0.3) is 0 Å². The first-order valence-electron chi connectivity index (χ1n) is 6.69. The number of fused-ring (bicyclic) bond motifs is 1. The zero-order valence-corrected chi connectivity index (χ0v) is 14.3. The van der Waals surface area contributed by atoms with Crippen molar-refractivity contribution in [1.29, 1.82) is 0 Å². The lowest BCUT2D eigenvalue weighted by atomic mass is 10.1. The molecule has 0 heterocycles. The summed E-state index contributed by atoms with van der Waals surface area (Å²) in [6.07, 6.45) is 0. The summed E-state index contributed by atoms with van der Waals surface area (Å²) in [6.45, 7) is 5.11. The Balaban J connectivity index is 2.18. The van der Waals surface area contributed by atoms with Crippen molar-refractivity contribution in [3.8, 4) is 0 Å². The van der Waals surface area contributed by atoms with Crippen LogP contribution in [0.5, 0.6) is 0 Å². The summed E-state index contributed by atoms with van der Waals surface area (Å²) < 4.78 is 11.3. The minimum Gasteiger partial charge on any atom is -0.322 e. The number of hydrogen-bond donors (Lipinski definition) is 0. The van der Waals surface area contributed by atoms with E-state index in [0.29, 0.717) is 13.2 Å². The second-order valence-corrected chi connectivity index (χ2v) is 10.5. The monoisotopic (exact) mass is 326 g/mol. The van der Waals surface area contributed by atoms with E-state index in [4.69, 9.17) is 20.9 Å². The van der Waals surface area contributed by atoms with Gasteiger partial charge in [0.15, 0.2) is 0 Å². The van der Waals surface area contributed by atoms with Crippen LogP contribution in [0.1, 0.15) is 19.4 Å². The molecule has 0 aliphatic rings. The lowest BCUT2D eigenvalue weighted by Gasteiger charge is -2.20. The summed E-state index contributed by atoms with van der Waals surface area (Å²) in [7, 11) is 0. The molecule has 0 amide bonds. The first-order valence-corrected chi connectivity index (χ1v) is 10.9. The molecule has 0 saturated heterocycles. The summed E-state index contributed by atoms with van der Waals surface area (Å²) >= 11 is 7.17. The molecule has 0 radical (unpaired) electrons. The van der Waals surface area contributed by atoms with E-state index < -0.39 is 5.69 Å². The molecule has 0 aliphatic heterocycles. The van der Waals surface area contributed by atoms with Crippen LogP contribution in [0.25, 0.3) is 10.8 Å². The van der Waals surface area contributed by atoms with Crippen LogP contribution in [-0.2, 0) is 26.6 Å². The molecule has 0 saturated carbocycles. The zero-order chi connectivity index (χ0) is 14.4. The molecule has 0 bridgehead atoms. The largest absolute Gasteiger partial charge is 0.322 e. The van der Waals surface area contributed by atoms with Gasteiger partial charge >= 0.3 is 0 Å². The molecule has 0 atom stereocenters. The van der Waals surface area contributed by atoms with Gasteiger partial charge in [-0.1, -0.05) is 53.8 Å². The fourth-order valence-corrected chi connectivity index (χ4v) is 6.48. The maximum Gasteiger partial charge on any atom is 0.247 e. The van der Waals surface area contributed by atoms with Crippen molar-refractivity contribution in [2.24, 2.45) is 0 Å². The quantitative estimate of drug-likeness (QED) is 0.636. The van der Waals surface area contributed by atoms with Crippen molar-refractivity contribution in [3.63, 3.8) is 0 Å². The van der Waals surface area contributed by atoms with Crippen LogP contribution in [0.3, 0.4) is 0 Å². The number of benzene rings is 2. The molecule has 20 heavy (non-hydrogen) atoms. The molecule has 108 valence electrons. The molecule has 0 spiro atoms. The van der Waals surface area contributed by atoms with Crippen molar-refractivity contribution in [2.45, 2.75) is 19.6 Å². The topological polar surface area (TPSA) is 18.5 Å². The number of rotatable bonds is 7. The van der Waals surface area contributed by atoms with E-state index in [0.717, 1.165) is 5.75 Å². The highest BCUT2D eigenvalue weighted by atomic mass is 32.9. The third-order valence-corrected chi connectivity index (χ3v) is 8.29. The molecule has 0 N–H and O–H groups in total. The van der Waals surface area contributed by atoms with E-state index in [1.165, 1.54) is 16.3 Å². The normalized spacial score (nSPS) is 11.9. The predicted molar refractivity (Wildman–Crippen MR) is 92.8 cm³/mol. The van der Waals surface area contributed by atoms with Crippen molar-refractivity contribution in [2.75, 3.05) is 13.2 Å². The Labute approximate surface area is 129 Å². The molecule has 0 unspecified atom stereocenters. The summed E-state index contributed by atoms with van der Waals surface area (Å²) in [6, 6.07) is 14.8. The SMILES string of the molecule is CCOP(=S)(OCC)SCc1cccc2ccccc12. The number of hydrogen-bond acceptors (Lipinski definition) is 4. The second kappa shape index (κ2) is 7.58. The maximum absolute atomic E-state index is 5.67. The lowest BCUT2D eigenvalue weighted by molar-refractivity contribution is 0.280. The molecule has 2 nitrogen and oxygen atoms in total. The van der Waals surface area contributed by atoms with E-state index in [9.17, 15) is 0 Å². The Kier molecular flexibility index (Phi) is 6.06. The Morgan fingerprint density at radius 3 is 2.35 bits per heavy atom. The van der Waals surface area contributed by atoms with Crippen molar-refractivity contribution < 1.29 is 9.05 Å². The van der Waals surface area contributed by atoms with Gasteiger partial charge in [0, 0.05) is 5.75 Å². The van der Waals surface area contributed by atoms with Gasteiger partial charge in [-0.25, -0.2) is 0 Å². The summed E-state index contributed by atoms with van der Waals surface area (Å²) in [5, 5.41) is 2.53. The van der Waals surface area contributed by atoms with Crippen molar-refractivity contribution >= 4 is 39.7 Å². The van der Waals surface area contributed by atoms with Gasteiger partial charge in [0.1, 0.15) is 0 Å². The molecule has 0 aromatic heterocycles. The molecule has 2 rings (SSSR count). The van der Waals surface area contributed by atoms with Crippen LogP contribution in [0.15, 0.2) is 42.5 Å². The van der Waals surface area contributed by atoms with Gasteiger partial charge in [-0.05, 0) is 42.0 Å². The maximum atomic E-state index is 5.67. The van der Waals surface area contributed by atoms with Gasteiger partial charge in [0.05, 0.1) is 13.2 Å². The predicted octanol–water partition coefficient (Wildman–Crippen LogP) is 5.37. The standard InChI is InChI=1S/C15H19O2PS2/c1-3-16-18(19,17-4-2)20-12-14-10-7-9-13-8-5-6-11-15(13)14/h5-11H,3-4,12H2,1-2H3. The lowest BCUT2D eigenvalue weighted by Crippen LogP contribution is -1.93. The Morgan fingerprint density at radius 2 is 1.65 bits per heavy atom. The van der Waals surface area contributed by atoms with Crippen LogP contribution in [0, 0.1) is 0 Å². The zero-order valence-electron chi connectivity index (χ0n) is 11.7. The highest BCUT2D eigenvalue weighted by molar-refractivity contribution is 8.67. The fraction of sp³-hybridized carbons (Fsp3) is 0.333. The Morgan fingerprint density at radius 1 is 1.00 bits per heavy atom. The van der Waals surface area contributed by atoms with E-state index in [1.54, 1.807) is 11.4 Å². The Bertz CT molecular complexity index is 600. The van der Waals surface area contributed by atoms with Crippen LogP contribution >= 0.6 is 17.1 Å². The fourth-order valence-electron chi connectivity index (χ4n) is 1.99. The molecule has 0 fully saturated rings. The van der Waals surface area contributed by atoms with Crippen LogP contribution in [-0.4, -0.2) is 13.2 Å². The van der Waals surface area contributed by atoms with Crippen LogP contribution in [0.4, 0.5) is 0 Å². The Hall–Kier alpha value is -0.380. The average Bonchev–Trinajstić information content (AvgIpc) is 2.46.